The van der Waals surface area contributed by atoms with Gasteiger partial charge in [-0.3, -0.25) is 9.69 Å². The van der Waals surface area contributed by atoms with Crippen LogP contribution in [-0.4, -0.2) is 22.2 Å². The number of anilines is 1. The predicted molar refractivity (Wildman–Crippen MR) is 87.1 cm³/mol. The molecule has 1 unspecified atom stereocenters. The van der Waals surface area contributed by atoms with Crippen LogP contribution in [0.4, 0.5) is 5.82 Å². The number of nitrogens with zero attached hydrogens (tertiary/aromatic N) is 4. The maximum absolute atomic E-state index is 12.3. The Kier molecular flexibility index (Phi) is 4.02. The lowest BCUT2D eigenvalue weighted by Gasteiger charge is -2.27. The minimum atomic E-state index is -0.189. The van der Waals surface area contributed by atoms with Crippen molar-refractivity contribution in [2.45, 2.75) is 32.7 Å². The average Bonchev–Trinajstić information content (AvgIpc) is 2.95. The molecule has 118 valence electrons. The molecular weight excluding hydrogens is 290 g/mol. The molecule has 1 atom stereocenters. The number of nitriles is 1. The molecule has 6 nitrogen and oxygen atoms in total. The first kappa shape index (κ1) is 15.1. The molecule has 0 spiro atoms. The lowest BCUT2D eigenvalue weighted by Crippen LogP contribution is -2.36. The molecule has 6 heteroatoms. The summed E-state index contributed by atoms with van der Waals surface area (Å²) in [4.78, 5) is 14.1. The van der Waals surface area contributed by atoms with Crippen LogP contribution in [0.15, 0.2) is 30.3 Å². The number of carbonyl (C=O) groups is 1. The highest BCUT2D eigenvalue weighted by Gasteiger charge is 2.32. The molecule has 1 N–H and O–H groups in total. The fourth-order valence-corrected chi connectivity index (χ4v) is 3.05. The highest BCUT2D eigenvalue weighted by molar-refractivity contribution is 5.96. The molecule has 1 aliphatic rings. The smallest absolute Gasteiger partial charge is 0.228 e. The van der Waals surface area contributed by atoms with Gasteiger partial charge in [-0.15, -0.1) is 0 Å². The van der Waals surface area contributed by atoms with E-state index >= 15 is 0 Å². The van der Waals surface area contributed by atoms with E-state index in [1.807, 2.05) is 55.1 Å². The Morgan fingerprint density at radius 1 is 1.35 bits per heavy atom. The molecule has 0 radical (unpaired) electrons. The molecule has 1 amide bonds. The number of hydrogen-bond acceptors (Lipinski definition) is 4. The number of fused-ring (bicyclic) bond motifs is 1. The standard InChI is InChI=1S/C17H19N5O/c1-3-21-15(23)10-9-14-16(12(2)19-11-18)20-22(17(14)21)13-7-5-4-6-8-13/h4-8,12,19H,3,9-10H2,1-2H3. The van der Waals surface area contributed by atoms with Crippen molar-refractivity contribution in [1.29, 1.82) is 5.26 Å². The largest absolute Gasteiger partial charge is 0.315 e. The molecule has 2 aromatic rings. The number of aromatic nitrogens is 2. The average molecular weight is 309 g/mol. The number of amides is 1. The predicted octanol–water partition coefficient (Wildman–Crippen LogP) is 2.30. The van der Waals surface area contributed by atoms with Crippen LogP contribution in [0.25, 0.3) is 5.69 Å². The lowest BCUT2D eigenvalue weighted by molar-refractivity contribution is -0.118. The van der Waals surface area contributed by atoms with Gasteiger partial charge in [0, 0.05) is 18.5 Å². The zero-order valence-electron chi connectivity index (χ0n) is 13.3. The van der Waals surface area contributed by atoms with Gasteiger partial charge in [0.05, 0.1) is 17.4 Å². The summed E-state index contributed by atoms with van der Waals surface area (Å²) in [6, 6.07) is 9.58. The maximum atomic E-state index is 12.3. The van der Waals surface area contributed by atoms with Crippen LogP contribution in [0.1, 0.15) is 37.6 Å². The molecule has 0 saturated carbocycles. The number of hydrogen-bond donors (Lipinski definition) is 1. The van der Waals surface area contributed by atoms with Crippen LogP contribution < -0.4 is 10.2 Å². The van der Waals surface area contributed by atoms with Gasteiger partial charge in [0.25, 0.3) is 0 Å². The van der Waals surface area contributed by atoms with Crippen LogP contribution >= 0.6 is 0 Å². The highest BCUT2D eigenvalue weighted by Crippen LogP contribution is 2.35. The third-order valence-electron chi connectivity index (χ3n) is 4.14. The molecule has 0 saturated heterocycles. The molecule has 0 fully saturated rings. The Balaban J connectivity index is 2.20. The van der Waals surface area contributed by atoms with E-state index in [0.717, 1.165) is 22.8 Å². The van der Waals surface area contributed by atoms with Crippen molar-refractivity contribution in [2.75, 3.05) is 11.4 Å². The lowest BCUT2D eigenvalue weighted by atomic mass is 10.0. The van der Waals surface area contributed by atoms with E-state index in [-0.39, 0.29) is 11.9 Å². The fourth-order valence-electron chi connectivity index (χ4n) is 3.05. The van der Waals surface area contributed by atoms with Crippen LogP contribution in [-0.2, 0) is 11.2 Å². The topological polar surface area (TPSA) is 74.0 Å². The second-order valence-electron chi connectivity index (χ2n) is 5.55. The van der Waals surface area contributed by atoms with E-state index in [2.05, 4.69) is 5.32 Å². The van der Waals surface area contributed by atoms with E-state index in [1.165, 1.54) is 0 Å². The van der Waals surface area contributed by atoms with Crippen LogP contribution in [0, 0.1) is 11.5 Å². The molecule has 1 aliphatic heterocycles. The van der Waals surface area contributed by atoms with Crippen molar-refractivity contribution < 1.29 is 4.79 Å². The first-order valence-corrected chi connectivity index (χ1v) is 7.79. The SMILES string of the molecule is CCN1C(=O)CCc2c(C(C)NC#N)nn(-c3ccccc3)c21. The monoisotopic (exact) mass is 309 g/mol. The molecular formula is C17H19N5O. The zero-order valence-corrected chi connectivity index (χ0v) is 13.3. The van der Waals surface area contributed by atoms with Crippen LogP contribution in [0.5, 0.6) is 0 Å². The number of nitrogens with one attached hydrogen (secondary N) is 1. The van der Waals surface area contributed by atoms with E-state index in [1.54, 1.807) is 4.90 Å². The number of rotatable bonds is 4. The summed E-state index contributed by atoms with van der Waals surface area (Å²) in [6.07, 6.45) is 3.11. The molecule has 1 aromatic heterocycles. The summed E-state index contributed by atoms with van der Waals surface area (Å²) < 4.78 is 1.82. The van der Waals surface area contributed by atoms with Gasteiger partial charge in [-0.05, 0) is 32.4 Å². The van der Waals surface area contributed by atoms with Gasteiger partial charge in [-0.2, -0.15) is 10.4 Å². The van der Waals surface area contributed by atoms with Gasteiger partial charge in [0.2, 0.25) is 5.91 Å². The van der Waals surface area contributed by atoms with Crippen LogP contribution in [0.3, 0.4) is 0 Å². The molecule has 2 heterocycles. The van der Waals surface area contributed by atoms with Crippen molar-refractivity contribution in [2.24, 2.45) is 0 Å². The van der Waals surface area contributed by atoms with Crippen molar-refractivity contribution >= 4 is 11.7 Å². The summed E-state index contributed by atoms with van der Waals surface area (Å²) in [7, 11) is 0. The second-order valence-corrected chi connectivity index (χ2v) is 5.55. The van der Waals surface area contributed by atoms with E-state index in [0.29, 0.717) is 19.4 Å². The Morgan fingerprint density at radius 3 is 2.74 bits per heavy atom. The third-order valence-corrected chi connectivity index (χ3v) is 4.14. The Hall–Kier alpha value is -2.81. The van der Waals surface area contributed by atoms with E-state index < -0.39 is 0 Å². The number of para-hydroxylation sites is 1. The normalized spacial score (nSPS) is 15.0. The number of benzene rings is 1. The minimum Gasteiger partial charge on any atom is -0.315 e. The van der Waals surface area contributed by atoms with E-state index in [9.17, 15) is 4.79 Å². The van der Waals surface area contributed by atoms with Gasteiger partial charge in [0.1, 0.15) is 5.82 Å². The molecule has 1 aromatic carbocycles. The minimum absolute atomic E-state index is 0.115. The third kappa shape index (κ3) is 2.55. The van der Waals surface area contributed by atoms with Gasteiger partial charge in [0.15, 0.2) is 6.19 Å². The molecule has 0 aliphatic carbocycles. The van der Waals surface area contributed by atoms with Crippen molar-refractivity contribution in [1.82, 2.24) is 15.1 Å². The molecule has 0 bridgehead atoms. The number of carbonyl (C=O) groups excluding carboxylic acids is 1. The zero-order chi connectivity index (χ0) is 16.4. The summed E-state index contributed by atoms with van der Waals surface area (Å²) in [5, 5.41) is 16.4. The van der Waals surface area contributed by atoms with Crippen LogP contribution in [0.2, 0.25) is 0 Å². The van der Waals surface area contributed by atoms with Crippen molar-refractivity contribution in [3.05, 3.63) is 41.6 Å². The quantitative estimate of drug-likeness (QED) is 0.694. The second kappa shape index (κ2) is 6.13. The van der Waals surface area contributed by atoms with Gasteiger partial charge < -0.3 is 5.32 Å². The highest BCUT2D eigenvalue weighted by atomic mass is 16.2. The first-order valence-electron chi connectivity index (χ1n) is 7.79. The van der Waals surface area contributed by atoms with Crippen molar-refractivity contribution in [3.63, 3.8) is 0 Å². The Labute approximate surface area is 135 Å². The maximum Gasteiger partial charge on any atom is 0.228 e. The summed E-state index contributed by atoms with van der Waals surface area (Å²) in [5.74, 6) is 0.945. The molecule has 23 heavy (non-hydrogen) atoms. The Morgan fingerprint density at radius 2 is 2.09 bits per heavy atom. The van der Waals surface area contributed by atoms with Gasteiger partial charge >= 0.3 is 0 Å². The fraction of sp³-hybridized carbons (Fsp3) is 0.353. The molecule has 3 rings (SSSR count). The summed E-state index contributed by atoms with van der Waals surface area (Å²) in [5.41, 5.74) is 2.79. The van der Waals surface area contributed by atoms with Gasteiger partial charge in [-0.1, -0.05) is 18.2 Å². The summed E-state index contributed by atoms with van der Waals surface area (Å²) in [6.45, 7) is 4.48. The van der Waals surface area contributed by atoms with Crippen molar-refractivity contribution in [3.8, 4) is 11.9 Å². The summed E-state index contributed by atoms with van der Waals surface area (Å²) >= 11 is 0. The van der Waals surface area contributed by atoms with E-state index in [4.69, 9.17) is 10.4 Å². The first-order chi connectivity index (χ1) is 11.2. The van der Waals surface area contributed by atoms with Gasteiger partial charge in [-0.25, -0.2) is 4.68 Å². The Bertz CT molecular complexity index is 759.